The molecule has 0 amide bonds. The predicted molar refractivity (Wildman–Crippen MR) is 93.8 cm³/mol. The number of cyclic esters (lactones) is 1. The first-order valence-corrected chi connectivity index (χ1v) is 8.81. The topological polar surface area (TPSA) is 29.5 Å². The molecule has 0 spiro atoms. The summed E-state index contributed by atoms with van der Waals surface area (Å²) >= 11 is 0. The molecule has 2 aromatic carbocycles. The zero-order valence-electron chi connectivity index (χ0n) is 13.9. The van der Waals surface area contributed by atoms with E-state index in [1.807, 2.05) is 0 Å². The monoisotopic (exact) mass is 321 g/mol. The third-order valence-electron chi connectivity index (χ3n) is 5.52. The number of hydrogen-bond acceptors (Lipinski definition) is 3. The van der Waals surface area contributed by atoms with Gasteiger partial charge in [0.25, 0.3) is 0 Å². The summed E-state index contributed by atoms with van der Waals surface area (Å²) < 4.78 is 5.22. The Hall–Kier alpha value is -2.13. The van der Waals surface area contributed by atoms with Crippen LogP contribution in [0.4, 0.5) is 0 Å². The highest BCUT2D eigenvalue weighted by Gasteiger charge is 2.43. The van der Waals surface area contributed by atoms with Crippen molar-refractivity contribution in [3.63, 3.8) is 0 Å². The second-order valence-electron chi connectivity index (χ2n) is 6.86. The first-order valence-electron chi connectivity index (χ1n) is 8.81. The number of likely N-dealkylation sites (tertiary alicyclic amines) is 1. The van der Waals surface area contributed by atoms with Crippen LogP contribution in [0.3, 0.4) is 0 Å². The summed E-state index contributed by atoms with van der Waals surface area (Å²) in [5.74, 6) is -0.0491. The highest BCUT2D eigenvalue weighted by atomic mass is 16.5. The van der Waals surface area contributed by atoms with Crippen LogP contribution in [-0.4, -0.2) is 36.6 Å². The second-order valence-corrected chi connectivity index (χ2v) is 6.86. The summed E-state index contributed by atoms with van der Waals surface area (Å²) in [4.78, 5) is 14.4. The molecule has 3 heteroatoms. The minimum Gasteiger partial charge on any atom is -0.464 e. The van der Waals surface area contributed by atoms with Gasteiger partial charge in [-0.15, -0.1) is 0 Å². The molecule has 0 radical (unpaired) electrons. The number of hydrogen-bond donors (Lipinski definition) is 0. The standard InChI is InChI=1S/C21H23NO2/c23-20-19(12-15-24-20)22-14-7-13-21(16-22,17-8-3-1-4-9-17)18-10-5-2-6-11-18/h1-6,8-11,19H,7,12-16H2. The van der Waals surface area contributed by atoms with E-state index in [1.165, 1.54) is 11.1 Å². The van der Waals surface area contributed by atoms with E-state index in [4.69, 9.17) is 4.74 Å². The van der Waals surface area contributed by atoms with Gasteiger partial charge in [0.1, 0.15) is 6.04 Å². The molecule has 0 aliphatic carbocycles. The Balaban J connectivity index is 1.74. The molecule has 0 aromatic heterocycles. The molecule has 4 rings (SSSR count). The van der Waals surface area contributed by atoms with Gasteiger partial charge in [-0.05, 0) is 30.5 Å². The Bertz CT molecular complexity index is 659. The smallest absolute Gasteiger partial charge is 0.323 e. The van der Waals surface area contributed by atoms with Crippen molar-refractivity contribution in [1.82, 2.24) is 4.90 Å². The number of esters is 1. The molecule has 2 aliphatic heterocycles. The Morgan fingerprint density at radius 3 is 2.12 bits per heavy atom. The Morgan fingerprint density at radius 1 is 0.958 bits per heavy atom. The molecule has 24 heavy (non-hydrogen) atoms. The van der Waals surface area contributed by atoms with Crippen LogP contribution in [-0.2, 0) is 14.9 Å². The summed E-state index contributed by atoms with van der Waals surface area (Å²) in [7, 11) is 0. The second kappa shape index (κ2) is 6.40. The van der Waals surface area contributed by atoms with Gasteiger partial charge in [0.2, 0.25) is 0 Å². The number of carbonyl (C=O) groups is 1. The van der Waals surface area contributed by atoms with Crippen molar-refractivity contribution in [2.75, 3.05) is 19.7 Å². The maximum absolute atomic E-state index is 12.1. The van der Waals surface area contributed by atoms with Crippen LogP contribution in [0, 0.1) is 0 Å². The molecule has 2 heterocycles. The van der Waals surface area contributed by atoms with Crippen molar-refractivity contribution in [1.29, 1.82) is 0 Å². The van der Waals surface area contributed by atoms with Crippen LogP contribution >= 0.6 is 0 Å². The minimum atomic E-state index is -0.0721. The van der Waals surface area contributed by atoms with Gasteiger partial charge >= 0.3 is 5.97 Å². The Morgan fingerprint density at radius 2 is 1.58 bits per heavy atom. The van der Waals surface area contributed by atoms with Crippen molar-refractivity contribution in [3.8, 4) is 0 Å². The van der Waals surface area contributed by atoms with E-state index < -0.39 is 0 Å². The van der Waals surface area contributed by atoms with E-state index in [2.05, 4.69) is 65.6 Å². The zero-order chi connectivity index (χ0) is 16.4. The van der Waals surface area contributed by atoms with E-state index >= 15 is 0 Å². The quantitative estimate of drug-likeness (QED) is 0.812. The molecule has 1 unspecified atom stereocenters. The van der Waals surface area contributed by atoms with Gasteiger partial charge in [-0.1, -0.05) is 60.7 Å². The summed E-state index contributed by atoms with van der Waals surface area (Å²) in [6.07, 6.45) is 3.02. The molecule has 2 fully saturated rings. The first kappa shape index (κ1) is 15.4. The van der Waals surface area contributed by atoms with Crippen LogP contribution in [0.25, 0.3) is 0 Å². The van der Waals surface area contributed by atoms with Gasteiger partial charge in [0.15, 0.2) is 0 Å². The van der Waals surface area contributed by atoms with E-state index in [9.17, 15) is 4.79 Å². The van der Waals surface area contributed by atoms with Crippen LogP contribution in [0.15, 0.2) is 60.7 Å². The average Bonchev–Trinajstić information content (AvgIpc) is 3.09. The van der Waals surface area contributed by atoms with Crippen LogP contribution in [0.5, 0.6) is 0 Å². The third kappa shape index (κ3) is 2.63. The fraction of sp³-hybridized carbons (Fsp3) is 0.381. The molecular formula is C21H23NO2. The largest absolute Gasteiger partial charge is 0.464 e. The maximum Gasteiger partial charge on any atom is 0.323 e. The van der Waals surface area contributed by atoms with Gasteiger partial charge in [-0.3, -0.25) is 9.69 Å². The fourth-order valence-corrected chi connectivity index (χ4v) is 4.32. The van der Waals surface area contributed by atoms with Crippen LogP contribution < -0.4 is 0 Å². The van der Waals surface area contributed by atoms with E-state index in [-0.39, 0.29) is 17.4 Å². The van der Waals surface area contributed by atoms with E-state index in [0.29, 0.717) is 6.61 Å². The number of rotatable bonds is 3. The molecule has 124 valence electrons. The van der Waals surface area contributed by atoms with Gasteiger partial charge in [0.05, 0.1) is 6.61 Å². The minimum absolute atomic E-state index is 0.0491. The zero-order valence-corrected chi connectivity index (χ0v) is 13.9. The molecule has 2 aromatic rings. The van der Waals surface area contributed by atoms with E-state index in [0.717, 1.165) is 32.4 Å². The molecule has 3 nitrogen and oxygen atoms in total. The lowest BCUT2D eigenvalue weighted by atomic mass is 9.69. The predicted octanol–water partition coefficient (Wildman–Crippen LogP) is 3.38. The highest BCUT2D eigenvalue weighted by Crippen LogP contribution is 2.41. The molecule has 2 saturated heterocycles. The number of piperidine rings is 1. The average molecular weight is 321 g/mol. The Labute approximate surface area is 143 Å². The van der Waals surface area contributed by atoms with Crippen molar-refractivity contribution >= 4 is 5.97 Å². The van der Waals surface area contributed by atoms with Crippen molar-refractivity contribution < 1.29 is 9.53 Å². The third-order valence-corrected chi connectivity index (χ3v) is 5.52. The molecule has 2 aliphatic rings. The normalized spacial score (nSPS) is 23.8. The number of benzene rings is 2. The van der Waals surface area contributed by atoms with Crippen LogP contribution in [0.1, 0.15) is 30.4 Å². The van der Waals surface area contributed by atoms with Gasteiger partial charge in [0, 0.05) is 18.4 Å². The highest BCUT2D eigenvalue weighted by molar-refractivity contribution is 5.77. The first-order chi connectivity index (χ1) is 11.8. The van der Waals surface area contributed by atoms with Crippen molar-refractivity contribution in [2.24, 2.45) is 0 Å². The van der Waals surface area contributed by atoms with Crippen LogP contribution in [0.2, 0.25) is 0 Å². The SMILES string of the molecule is O=C1OCCC1N1CCCC(c2ccccc2)(c2ccccc2)C1. The van der Waals surface area contributed by atoms with Gasteiger partial charge in [-0.25, -0.2) is 0 Å². The summed E-state index contributed by atoms with van der Waals surface area (Å²) in [6.45, 7) is 2.41. The summed E-state index contributed by atoms with van der Waals surface area (Å²) in [5.41, 5.74) is 2.63. The van der Waals surface area contributed by atoms with E-state index in [1.54, 1.807) is 0 Å². The van der Waals surface area contributed by atoms with Crippen molar-refractivity contribution in [2.45, 2.75) is 30.7 Å². The molecule has 0 bridgehead atoms. The van der Waals surface area contributed by atoms with Gasteiger partial charge < -0.3 is 4.74 Å². The lowest BCUT2D eigenvalue weighted by Gasteiger charge is -2.45. The molecule has 1 atom stereocenters. The van der Waals surface area contributed by atoms with Crippen molar-refractivity contribution in [3.05, 3.63) is 71.8 Å². The number of carbonyl (C=O) groups excluding carboxylic acids is 1. The summed E-state index contributed by atoms with van der Waals surface area (Å²) in [5, 5.41) is 0. The van der Waals surface area contributed by atoms with Gasteiger partial charge in [-0.2, -0.15) is 0 Å². The molecule has 0 N–H and O–H groups in total. The summed E-state index contributed by atoms with van der Waals surface area (Å²) in [6, 6.07) is 21.4. The fourth-order valence-electron chi connectivity index (χ4n) is 4.32. The molecular weight excluding hydrogens is 298 g/mol. The molecule has 0 saturated carbocycles. The Kier molecular flexibility index (Phi) is 4.11. The number of ether oxygens (including phenoxy) is 1. The maximum atomic E-state index is 12.1. The lowest BCUT2D eigenvalue weighted by Crippen LogP contribution is -2.52. The lowest BCUT2D eigenvalue weighted by molar-refractivity contribution is -0.142. The number of nitrogens with zero attached hydrogens (tertiary/aromatic N) is 1.